The predicted octanol–water partition coefficient (Wildman–Crippen LogP) is 1.42. The average molecular weight is 398 g/mol. The van der Waals surface area contributed by atoms with Crippen LogP contribution in [0, 0.1) is 0 Å². The number of amides is 2. The zero-order valence-electron chi connectivity index (χ0n) is 16.3. The number of nitrogens with one attached hydrogen (secondary N) is 2. The first-order valence-electron chi connectivity index (χ1n) is 9.99. The third-order valence-electron chi connectivity index (χ3n) is 5.38. The molecule has 1 atom stereocenters. The van der Waals surface area contributed by atoms with Crippen LogP contribution >= 0.6 is 0 Å². The fraction of sp³-hybridized carbons (Fsp3) is 0.429. The normalized spacial score (nSPS) is 19.9. The lowest BCUT2D eigenvalue weighted by Crippen LogP contribution is -2.49. The number of benzene rings is 1. The van der Waals surface area contributed by atoms with E-state index in [2.05, 4.69) is 15.5 Å². The maximum Gasteiger partial charge on any atom is 0.291 e. The molecule has 1 aromatic heterocycles. The molecule has 8 heteroatoms. The van der Waals surface area contributed by atoms with Gasteiger partial charge in [0.15, 0.2) is 12.4 Å². The molecule has 2 saturated heterocycles. The van der Waals surface area contributed by atoms with E-state index in [-0.39, 0.29) is 24.2 Å². The number of hydrogen-bond donors (Lipinski definition) is 2. The summed E-state index contributed by atoms with van der Waals surface area (Å²) in [4.78, 5) is 29.0. The van der Waals surface area contributed by atoms with Gasteiger partial charge in [0.05, 0.1) is 6.26 Å². The number of nitrogens with zero attached hydrogens (tertiary/aromatic N) is 2. The van der Waals surface area contributed by atoms with E-state index < -0.39 is 0 Å². The van der Waals surface area contributed by atoms with Gasteiger partial charge in [-0.05, 0) is 30.7 Å². The number of carbonyl (C=O) groups is 2. The first kappa shape index (κ1) is 19.5. The van der Waals surface area contributed by atoms with Crippen LogP contribution in [0.25, 0.3) is 0 Å². The second-order valence-corrected chi connectivity index (χ2v) is 7.32. The molecule has 154 valence electrons. The highest BCUT2D eigenvalue weighted by atomic mass is 16.5. The summed E-state index contributed by atoms with van der Waals surface area (Å²) in [5.41, 5.74) is 0.580. The maximum absolute atomic E-state index is 12.6. The molecule has 0 aliphatic carbocycles. The third-order valence-corrected chi connectivity index (χ3v) is 5.38. The van der Waals surface area contributed by atoms with Gasteiger partial charge in [0.2, 0.25) is 0 Å². The van der Waals surface area contributed by atoms with E-state index in [1.165, 1.54) is 6.26 Å². The molecule has 8 nitrogen and oxygen atoms in total. The van der Waals surface area contributed by atoms with Gasteiger partial charge in [-0.15, -0.1) is 0 Å². The van der Waals surface area contributed by atoms with Gasteiger partial charge in [0.1, 0.15) is 5.75 Å². The van der Waals surface area contributed by atoms with Crippen LogP contribution in [-0.4, -0.2) is 73.5 Å². The van der Waals surface area contributed by atoms with Crippen molar-refractivity contribution >= 4 is 17.5 Å². The number of ether oxygens (including phenoxy) is 1. The lowest BCUT2D eigenvalue weighted by atomic mass is 10.2. The van der Waals surface area contributed by atoms with Crippen LogP contribution < -0.4 is 15.4 Å². The smallest absolute Gasteiger partial charge is 0.291 e. The van der Waals surface area contributed by atoms with E-state index in [1.807, 2.05) is 4.90 Å². The molecule has 3 heterocycles. The van der Waals surface area contributed by atoms with E-state index in [1.54, 1.807) is 36.4 Å². The zero-order valence-corrected chi connectivity index (χ0v) is 16.3. The quantitative estimate of drug-likeness (QED) is 0.765. The minimum Gasteiger partial charge on any atom is -0.484 e. The number of hydrogen-bond acceptors (Lipinski definition) is 6. The molecule has 2 N–H and O–H groups in total. The van der Waals surface area contributed by atoms with Gasteiger partial charge in [-0.1, -0.05) is 6.07 Å². The molecule has 2 fully saturated rings. The Hall–Kier alpha value is -2.84. The molecule has 1 aromatic carbocycles. The Morgan fingerprint density at radius 2 is 2.03 bits per heavy atom. The number of rotatable bonds is 6. The van der Waals surface area contributed by atoms with Crippen molar-refractivity contribution in [2.45, 2.75) is 12.5 Å². The molecule has 29 heavy (non-hydrogen) atoms. The molecule has 2 aliphatic rings. The molecule has 0 bridgehead atoms. The van der Waals surface area contributed by atoms with Crippen molar-refractivity contribution in [1.82, 2.24) is 15.1 Å². The molecule has 2 aliphatic heterocycles. The molecule has 2 amide bonds. The Kier molecular flexibility index (Phi) is 6.12. The largest absolute Gasteiger partial charge is 0.484 e. The Labute approximate surface area is 169 Å². The Morgan fingerprint density at radius 1 is 1.17 bits per heavy atom. The Balaban J connectivity index is 1.26. The summed E-state index contributed by atoms with van der Waals surface area (Å²) >= 11 is 0. The van der Waals surface area contributed by atoms with E-state index in [9.17, 15) is 9.59 Å². The topological polar surface area (TPSA) is 87.0 Å². The van der Waals surface area contributed by atoms with Gasteiger partial charge in [0.25, 0.3) is 11.8 Å². The summed E-state index contributed by atoms with van der Waals surface area (Å²) in [6.45, 7) is 5.64. The Bertz CT molecular complexity index is 833. The Morgan fingerprint density at radius 3 is 2.83 bits per heavy atom. The highest BCUT2D eigenvalue weighted by molar-refractivity contribution is 6.02. The average Bonchev–Trinajstić information content (AvgIpc) is 3.45. The van der Waals surface area contributed by atoms with Gasteiger partial charge in [-0.25, -0.2) is 0 Å². The number of furan rings is 1. The molecule has 0 saturated carbocycles. The van der Waals surface area contributed by atoms with Gasteiger partial charge < -0.3 is 24.7 Å². The van der Waals surface area contributed by atoms with Crippen molar-refractivity contribution < 1.29 is 18.7 Å². The number of carbonyl (C=O) groups excluding carboxylic acids is 2. The second kappa shape index (κ2) is 9.11. The standard InChI is InChI=1S/C21H26N4O4/c26-20(25-9-6-17(14-25)24-10-7-22-8-11-24)15-29-18-4-1-3-16(13-18)23-21(27)19-5-2-12-28-19/h1-5,12-13,17,22H,6-11,14-15H2,(H,23,27). The molecular formula is C21H26N4O4. The zero-order chi connectivity index (χ0) is 20.1. The predicted molar refractivity (Wildman–Crippen MR) is 108 cm³/mol. The highest BCUT2D eigenvalue weighted by Gasteiger charge is 2.30. The molecule has 4 rings (SSSR count). The van der Waals surface area contributed by atoms with E-state index in [4.69, 9.17) is 9.15 Å². The molecular weight excluding hydrogens is 372 g/mol. The molecule has 2 aromatic rings. The van der Waals surface area contributed by atoms with Crippen LogP contribution in [-0.2, 0) is 4.79 Å². The van der Waals surface area contributed by atoms with Crippen molar-refractivity contribution in [3.8, 4) is 5.75 Å². The summed E-state index contributed by atoms with van der Waals surface area (Å²) in [5.74, 6) is 0.430. The second-order valence-electron chi connectivity index (χ2n) is 7.32. The van der Waals surface area contributed by atoms with Crippen LogP contribution in [0.3, 0.4) is 0 Å². The van der Waals surface area contributed by atoms with Crippen molar-refractivity contribution in [2.24, 2.45) is 0 Å². The van der Waals surface area contributed by atoms with Crippen LogP contribution in [0.5, 0.6) is 5.75 Å². The summed E-state index contributed by atoms with van der Waals surface area (Å²) in [7, 11) is 0. The number of piperazine rings is 1. The summed E-state index contributed by atoms with van der Waals surface area (Å²) in [5, 5.41) is 6.11. The first-order chi connectivity index (χ1) is 14.2. The lowest BCUT2D eigenvalue weighted by Gasteiger charge is -2.32. The molecule has 0 radical (unpaired) electrons. The maximum atomic E-state index is 12.6. The van der Waals surface area contributed by atoms with Crippen molar-refractivity contribution in [1.29, 1.82) is 0 Å². The highest BCUT2D eigenvalue weighted by Crippen LogP contribution is 2.20. The van der Waals surface area contributed by atoms with Crippen molar-refractivity contribution in [3.05, 3.63) is 48.4 Å². The van der Waals surface area contributed by atoms with Crippen molar-refractivity contribution in [3.63, 3.8) is 0 Å². The summed E-state index contributed by atoms with van der Waals surface area (Å²) in [6.07, 6.45) is 2.46. The van der Waals surface area contributed by atoms with E-state index >= 15 is 0 Å². The fourth-order valence-electron chi connectivity index (χ4n) is 3.81. The van der Waals surface area contributed by atoms with Crippen LogP contribution in [0.15, 0.2) is 47.1 Å². The lowest BCUT2D eigenvalue weighted by molar-refractivity contribution is -0.132. The molecule has 1 unspecified atom stereocenters. The first-order valence-corrected chi connectivity index (χ1v) is 9.99. The van der Waals surface area contributed by atoms with E-state index in [0.717, 1.165) is 45.7 Å². The summed E-state index contributed by atoms with van der Waals surface area (Å²) < 4.78 is 10.8. The van der Waals surface area contributed by atoms with Gasteiger partial charge in [-0.3, -0.25) is 14.5 Å². The molecule has 0 spiro atoms. The minimum atomic E-state index is -0.334. The summed E-state index contributed by atoms with van der Waals surface area (Å²) in [6, 6.07) is 10.7. The van der Waals surface area contributed by atoms with Crippen LogP contribution in [0.1, 0.15) is 17.0 Å². The van der Waals surface area contributed by atoms with Crippen LogP contribution in [0.4, 0.5) is 5.69 Å². The number of anilines is 1. The SMILES string of the molecule is O=C(Nc1cccc(OCC(=O)N2CCC(N3CCNCC3)C2)c1)c1ccco1. The van der Waals surface area contributed by atoms with Gasteiger partial charge in [-0.2, -0.15) is 0 Å². The van der Waals surface area contributed by atoms with Gasteiger partial charge in [0, 0.05) is 57.1 Å². The third kappa shape index (κ3) is 4.96. The van der Waals surface area contributed by atoms with Crippen LogP contribution in [0.2, 0.25) is 0 Å². The minimum absolute atomic E-state index is 0.00680. The monoisotopic (exact) mass is 398 g/mol. The van der Waals surface area contributed by atoms with Gasteiger partial charge >= 0.3 is 0 Å². The fourth-order valence-corrected chi connectivity index (χ4v) is 3.81. The number of likely N-dealkylation sites (tertiary alicyclic amines) is 1. The van der Waals surface area contributed by atoms with E-state index in [0.29, 0.717) is 17.5 Å². The van der Waals surface area contributed by atoms with Crippen molar-refractivity contribution in [2.75, 3.05) is 51.2 Å².